The maximum absolute atomic E-state index is 5.16. The smallest absolute Gasteiger partial charge is 0.0238 e. The van der Waals surface area contributed by atoms with Crippen LogP contribution in [0.15, 0.2) is 11.6 Å². The molecule has 0 aromatic heterocycles. The predicted octanol–water partition coefficient (Wildman–Crippen LogP) is 1.95. The number of terminal acetylenes is 1. The Bertz CT molecular complexity index is 158. The maximum Gasteiger partial charge on any atom is 0.0238 e. The number of hydrogen-bond donors (Lipinski definition) is 1. The molecule has 1 heteroatoms. The summed E-state index contributed by atoms with van der Waals surface area (Å²) in [6.45, 7) is 7.20. The number of nitrogens with one attached hydrogen (secondary N) is 1. The van der Waals surface area contributed by atoms with Gasteiger partial charge in [-0.3, -0.25) is 0 Å². The van der Waals surface area contributed by atoms with Gasteiger partial charge in [0.05, 0.1) is 0 Å². The van der Waals surface area contributed by atoms with E-state index in [0.717, 1.165) is 13.0 Å². The zero-order chi connectivity index (χ0) is 8.69. The van der Waals surface area contributed by atoms with E-state index in [2.05, 4.69) is 38.1 Å². The van der Waals surface area contributed by atoms with Crippen LogP contribution < -0.4 is 5.32 Å². The SMILES string of the molecule is C#CCC(C)NCC=C(C)C. The second kappa shape index (κ2) is 6.00. The number of rotatable bonds is 4. The number of hydrogen-bond acceptors (Lipinski definition) is 1. The minimum Gasteiger partial charge on any atom is -0.310 e. The average molecular weight is 151 g/mol. The highest BCUT2D eigenvalue weighted by Gasteiger charge is 1.94. The fourth-order valence-electron chi connectivity index (χ4n) is 0.713. The van der Waals surface area contributed by atoms with Crippen molar-refractivity contribution in [2.75, 3.05) is 6.54 Å². The minimum absolute atomic E-state index is 0.426. The van der Waals surface area contributed by atoms with Crippen LogP contribution >= 0.6 is 0 Å². The van der Waals surface area contributed by atoms with Gasteiger partial charge in [0.25, 0.3) is 0 Å². The second-order valence-electron chi connectivity index (χ2n) is 3.00. The summed E-state index contributed by atoms with van der Waals surface area (Å²) in [4.78, 5) is 0. The molecule has 0 aliphatic rings. The first-order valence-electron chi connectivity index (χ1n) is 3.97. The van der Waals surface area contributed by atoms with Gasteiger partial charge in [0.2, 0.25) is 0 Å². The number of allylic oxidation sites excluding steroid dienone is 1. The highest BCUT2D eigenvalue weighted by molar-refractivity contribution is 4.95. The van der Waals surface area contributed by atoms with Crippen molar-refractivity contribution < 1.29 is 0 Å². The summed E-state index contributed by atoms with van der Waals surface area (Å²) in [5.74, 6) is 2.62. The van der Waals surface area contributed by atoms with Gasteiger partial charge in [-0.05, 0) is 20.8 Å². The van der Waals surface area contributed by atoms with Crippen LogP contribution in [-0.4, -0.2) is 12.6 Å². The molecule has 0 saturated heterocycles. The van der Waals surface area contributed by atoms with Crippen LogP contribution in [0.3, 0.4) is 0 Å². The van der Waals surface area contributed by atoms with Crippen molar-refractivity contribution in [2.45, 2.75) is 33.2 Å². The Kier molecular flexibility index (Phi) is 5.60. The quantitative estimate of drug-likeness (QED) is 0.478. The van der Waals surface area contributed by atoms with E-state index >= 15 is 0 Å². The summed E-state index contributed by atoms with van der Waals surface area (Å²) >= 11 is 0. The normalized spacial score (nSPS) is 11.8. The lowest BCUT2D eigenvalue weighted by atomic mass is 10.2. The van der Waals surface area contributed by atoms with Gasteiger partial charge in [-0.25, -0.2) is 0 Å². The molecular weight excluding hydrogens is 134 g/mol. The van der Waals surface area contributed by atoms with Crippen molar-refractivity contribution in [3.8, 4) is 12.3 Å². The van der Waals surface area contributed by atoms with E-state index in [1.165, 1.54) is 5.57 Å². The van der Waals surface area contributed by atoms with Crippen molar-refractivity contribution in [2.24, 2.45) is 0 Å². The van der Waals surface area contributed by atoms with E-state index < -0.39 is 0 Å². The average Bonchev–Trinajstić information content (AvgIpc) is 1.87. The third-order valence-electron chi connectivity index (χ3n) is 1.40. The Morgan fingerprint density at radius 3 is 2.73 bits per heavy atom. The van der Waals surface area contributed by atoms with Crippen LogP contribution in [0.4, 0.5) is 0 Å². The van der Waals surface area contributed by atoms with Gasteiger partial charge in [-0.2, -0.15) is 0 Å². The van der Waals surface area contributed by atoms with E-state index in [1.54, 1.807) is 0 Å². The molecule has 0 bridgehead atoms. The van der Waals surface area contributed by atoms with Gasteiger partial charge in [0, 0.05) is 19.0 Å². The lowest BCUT2D eigenvalue weighted by molar-refractivity contribution is 0.596. The summed E-state index contributed by atoms with van der Waals surface area (Å²) in [6.07, 6.45) is 8.12. The first-order valence-corrected chi connectivity index (χ1v) is 3.97. The van der Waals surface area contributed by atoms with Crippen molar-refractivity contribution >= 4 is 0 Å². The van der Waals surface area contributed by atoms with E-state index in [4.69, 9.17) is 6.42 Å². The Morgan fingerprint density at radius 1 is 1.64 bits per heavy atom. The minimum atomic E-state index is 0.426. The van der Waals surface area contributed by atoms with Crippen molar-refractivity contribution in [1.82, 2.24) is 5.32 Å². The molecule has 0 saturated carbocycles. The lowest BCUT2D eigenvalue weighted by Gasteiger charge is -2.07. The molecule has 0 aromatic rings. The molecule has 1 N–H and O–H groups in total. The highest BCUT2D eigenvalue weighted by Crippen LogP contribution is 1.89. The van der Waals surface area contributed by atoms with E-state index in [1.807, 2.05) is 0 Å². The molecule has 1 unspecified atom stereocenters. The molecule has 0 aliphatic heterocycles. The largest absolute Gasteiger partial charge is 0.310 e. The molecule has 0 spiro atoms. The standard InChI is InChI=1S/C10H17N/c1-5-6-10(4)11-8-7-9(2)3/h1,7,10-11H,6,8H2,2-4H3. The third-order valence-corrected chi connectivity index (χ3v) is 1.40. The van der Waals surface area contributed by atoms with Crippen molar-refractivity contribution in [3.63, 3.8) is 0 Å². The van der Waals surface area contributed by atoms with Crippen LogP contribution in [-0.2, 0) is 0 Å². The Labute approximate surface area is 69.9 Å². The Hall–Kier alpha value is -0.740. The zero-order valence-electron chi connectivity index (χ0n) is 7.65. The molecule has 1 nitrogen and oxygen atoms in total. The molecular formula is C10H17N. The maximum atomic E-state index is 5.16. The van der Waals surface area contributed by atoms with Gasteiger partial charge >= 0.3 is 0 Å². The van der Waals surface area contributed by atoms with Gasteiger partial charge in [-0.1, -0.05) is 11.6 Å². The van der Waals surface area contributed by atoms with Crippen LogP contribution in [0.1, 0.15) is 27.2 Å². The van der Waals surface area contributed by atoms with Gasteiger partial charge in [0.1, 0.15) is 0 Å². The highest BCUT2D eigenvalue weighted by atomic mass is 14.9. The zero-order valence-corrected chi connectivity index (χ0v) is 7.65. The summed E-state index contributed by atoms with van der Waals surface area (Å²) in [7, 11) is 0. The van der Waals surface area contributed by atoms with Crippen LogP contribution in [0.2, 0.25) is 0 Å². The molecule has 0 heterocycles. The monoisotopic (exact) mass is 151 g/mol. The molecule has 0 aromatic carbocycles. The van der Waals surface area contributed by atoms with Crippen molar-refractivity contribution in [1.29, 1.82) is 0 Å². The summed E-state index contributed by atoms with van der Waals surface area (Å²) in [6, 6.07) is 0.426. The second-order valence-corrected chi connectivity index (χ2v) is 3.00. The van der Waals surface area contributed by atoms with E-state index in [0.29, 0.717) is 6.04 Å². The molecule has 1 atom stereocenters. The van der Waals surface area contributed by atoms with Crippen LogP contribution in [0.5, 0.6) is 0 Å². The first kappa shape index (κ1) is 10.3. The predicted molar refractivity (Wildman–Crippen MR) is 50.3 cm³/mol. The molecule has 62 valence electrons. The molecule has 11 heavy (non-hydrogen) atoms. The molecule has 0 amide bonds. The molecule has 0 aliphatic carbocycles. The summed E-state index contributed by atoms with van der Waals surface area (Å²) in [5, 5.41) is 3.30. The Balaban J connectivity index is 3.40. The molecule has 0 rings (SSSR count). The van der Waals surface area contributed by atoms with Crippen molar-refractivity contribution in [3.05, 3.63) is 11.6 Å². The molecule has 0 radical (unpaired) electrons. The fraction of sp³-hybridized carbons (Fsp3) is 0.600. The van der Waals surface area contributed by atoms with Gasteiger partial charge < -0.3 is 5.32 Å². The summed E-state index contributed by atoms with van der Waals surface area (Å²) in [5.41, 5.74) is 1.34. The third kappa shape index (κ3) is 7.15. The van der Waals surface area contributed by atoms with Crippen LogP contribution in [0, 0.1) is 12.3 Å². The van der Waals surface area contributed by atoms with E-state index in [9.17, 15) is 0 Å². The molecule has 0 fully saturated rings. The van der Waals surface area contributed by atoms with Crippen LogP contribution in [0.25, 0.3) is 0 Å². The first-order chi connectivity index (χ1) is 5.16. The van der Waals surface area contributed by atoms with Gasteiger partial charge in [-0.15, -0.1) is 12.3 Å². The fourth-order valence-corrected chi connectivity index (χ4v) is 0.713. The summed E-state index contributed by atoms with van der Waals surface area (Å²) < 4.78 is 0. The van der Waals surface area contributed by atoms with E-state index in [-0.39, 0.29) is 0 Å². The van der Waals surface area contributed by atoms with Gasteiger partial charge in [0.15, 0.2) is 0 Å². The lowest BCUT2D eigenvalue weighted by Crippen LogP contribution is -2.25. The Morgan fingerprint density at radius 2 is 2.27 bits per heavy atom. The topological polar surface area (TPSA) is 12.0 Å².